The summed E-state index contributed by atoms with van der Waals surface area (Å²) < 4.78 is 0. The average molecular weight is 557 g/mol. The minimum absolute atomic E-state index is 0. The Hall–Kier alpha value is -0.900. The first-order chi connectivity index (χ1) is 15.2. The van der Waals surface area contributed by atoms with Crippen LogP contribution >= 0.6 is 24.0 Å². The molecule has 3 rings (SSSR count). The second-order valence-electron chi connectivity index (χ2n) is 9.13. The SMILES string of the molecule is CCNC(=NCc1ccc(CN2CCCCC2)cc1)NCCCCN1CCN(C)CC1.I. The molecule has 0 bridgehead atoms. The molecule has 6 nitrogen and oxygen atoms in total. The zero-order valence-corrected chi connectivity index (χ0v) is 22.7. The van der Waals surface area contributed by atoms with Crippen LogP contribution in [0.4, 0.5) is 0 Å². The van der Waals surface area contributed by atoms with Crippen molar-refractivity contribution in [2.45, 2.75) is 52.1 Å². The van der Waals surface area contributed by atoms with E-state index >= 15 is 0 Å². The highest BCUT2D eigenvalue weighted by Gasteiger charge is 2.13. The molecular formula is C25H45IN6. The molecule has 0 atom stereocenters. The number of hydrogen-bond donors (Lipinski definition) is 2. The van der Waals surface area contributed by atoms with Crippen LogP contribution in [0.25, 0.3) is 0 Å². The number of aliphatic imine (C=N–C) groups is 1. The Labute approximate surface area is 213 Å². The van der Waals surface area contributed by atoms with Crippen molar-refractivity contribution in [2.75, 3.05) is 66.0 Å². The normalized spacial score (nSPS) is 18.9. The molecule has 0 unspecified atom stereocenters. The number of likely N-dealkylation sites (N-methyl/N-ethyl adjacent to an activating group) is 1. The fourth-order valence-electron chi connectivity index (χ4n) is 4.38. The van der Waals surface area contributed by atoms with Crippen LogP contribution < -0.4 is 10.6 Å². The summed E-state index contributed by atoms with van der Waals surface area (Å²) >= 11 is 0. The van der Waals surface area contributed by atoms with Gasteiger partial charge in [-0.15, -0.1) is 24.0 Å². The number of likely N-dealkylation sites (tertiary alicyclic amines) is 1. The van der Waals surface area contributed by atoms with Crippen molar-refractivity contribution in [1.29, 1.82) is 0 Å². The Morgan fingerprint density at radius 2 is 1.53 bits per heavy atom. The molecule has 2 heterocycles. The van der Waals surface area contributed by atoms with E-state index in [1.165, 1.54) is 89.0 Å². The molecule has 0 aliphatic carbocycles. The Kier molecular flexibility index (Phi) is 13.5. The lowest BCUT2D eigenvalue weighted by Gasteiger charge is -2.32. The molecule has 0 saturated carbocycles. The molecule has 182 valence electrons. The Balaban J connectivity index is 0.00000363. The van der Waals surface area contributed by atoms with Crippen molar-refractivity contribution < 1.29 is 0 Å². The van der Waals surface area contributed by atoms with Crippen LogP contribution in [0, 0.1) is 0 Å². The lowest BCUT2D eigenvalue weighted by molar-refractivity contribution is 0.152. The monoisotopic (exact) mass is 556 g/mol. The fourth-order valence-corrected chi connectivity index (χ4v) is 4.38. The molecule has 0 aromatic heterocycles. The van der Waals surface area contributed by atoms with Gasteiger partial charge in [0, 0.05) is 45.8 Å². The van der Waals surface area contributed by atoms with E-state index in [2.05, 4.69) is 63.6 Å². The van der Waals surface area contributed by atoms with E-state index in [0.29, 0.717) is 0 Å². The summed E-state index contributed by atoms with van der Waals surface area (Å²) in [4.78, 5) is 12.4. The van der Waals surface area contributed by atoms with Gasteiger partial charge in [0.15, 0.2) is 5.96 Å². The molecule has 2 aliphatic rings. The van der Waals surface area contributed by atoms with Gasteiger partial charge in [0.25, 0.3) is 0 Å². The van der Waals surface area contributed by atoms with Gasteiger partial charge in [0.05, 0.1) is 6.54 Å². The predicted octanol–water partition coefficient (Wildman–Crippen LogP) is 3.37. The zero-order chi connectivity index (χ0) is 21.7. The number of piperazine rings is 1. The zero-order valence-electron chi connectivity index (χ0n) is 20.3. The van der Waals surface area contributed by atoms with Gasteiger partial charge in [0.1, 0.15) is 0 Å². The highest BCUT2D eigenvalue weighted by atomic mass is 127. The lowest BCUT2D eigenvalue weighted by atomic mass is 10.1. The maximum atomic E-state index is 4.79. The third kappa shape index (κ3) is 10.4. The van der Waals surface area contributed by atoms with E-state index in [0.717, 1.165) is 32.1 Å². The maximum absolute atomic E-state index is 4.79. The first-order valence-electron chi connectivity index (χ1n) is 12.5. The number of nitrogens with one attached hydrogen (secondary N) is 2. The molecule has 0 amide bonds. The van der Waals surface area contributed by atoms with Gasteiger partial charge in [-0.25, -0.2) is 4.99 Å². The Morgan fingerprint density at radius 1 is 0.844 bits per heavy atom. The summed E-state index contributed by atoms with van der Waals surface area (Å²) in [5.74, 6) is 0.930. The van der Waals surface area contributed by atoms with Crippen molar-refractivity contribution in [3.63, 3.8) is 0 Å². The molecule has 1 aromatic rings. The van der Waals surface area contributed by atoms with Gasteiger partial charge in [-0.05, 0) is 70.4 Å². The molecular weight excluding hydrogens is 511 g/mol. The molecule has 0 radical (unpaired) electrons. The summed E-state index contributed by atoms with van der Waals surface area (Å²) in [6.07, 6.45) is 6.52. The highest BCUT2D eigenvalue weighted by molar-refractivity contribution is 14.0. The number of halogens is 1. The summed E-state index contributed by atoms with van der Waals surface area (Å²) in [5, 5.41) is 6.89. The molecule has 2 aliphatic heterocycles. The van der Waals surface area contributed by atoms with Gasteiger partial charge in [-0.1, -0.05) is 30.7 Å². The topological polar surface area (TPSA) is 46.1 Å². The van der Waals surface area contributed by atoms with E-state index in [4.69, 9.17) is 4.99 Å². The largest absolute Gasteiger partial charge is 0.357 e. The van der Waals surface area contributed by atoms with E-state index in [1.807, 2.05) is 0 Å². The van der Waals surface area contributed by atoms with E-state index in [-0.39, 0.29) is 24.0 Å². The van der Waals surface area contributed by atoms with Crippen LogP contribution in [0.5, 0.6) is 0 Å². The quantitative estimate of drug-likeness (QED) is 0.200. The van der Waals surface area contributed by atoms with Crippen molar-refractivity contribution in [2.24, 2.45) is 4.99 Å². The van der Waals surface area contributed by atoms with E-state index in [9.17, 15) is 0 Å². The van der Waals surface area contributed by atoms with Gasteiger partial charge < -0.3 is 20.4 Å². The van der Waals surface area contributed by atoms with Crippen LogP contribution in [0.1, 0.15) is 50.2 Å². The molecule has 2 N–H and O–H groups in total. The van der Waals surface area contributed by atoms with E-state index < -0.39 is 0 Å². The number of guanidine groups is 1. The summed E-state index contributed by atoms with van der Waals surface area (Å²) in [5.41, 5.74) is 2.69. The minimum atomic E-state index is 0. The fraction of sp³-hybridized carbons (Fsp3) is 0.720. The van der Waals surface area contributed by atoms with Crippen LogP contribution in [0.3, 0.4) is 0 Å². The smallest absolute Gasteiger partial charge is 0.191 e. The number of nitrogens with zero attached hydrogens (tertiary/aromatic N) is 4. The van der Waals surface area contributed by atoms with Crippen LogP contribution in [0.15, 0.2) is 29.3 Å². The number of unbranched alkanes of at least 4 members (excludes halogenated alkanes) is 1. The number of hydrogen-bond acceptors (Lipinski definition) is 4. The van der Waals surface area contributed by atoms with Crippen LogP contribution in [-0.2, 0) is 13.1 Å². The standard InChI is InChI=1S/C25H44N6.HI/c1-3-26-25(27-13-5-8-14-30-19-17-29(2)18-20-30)28-21-23-9-11-24(12-10-23)22-31-15-6-4-7-16-31;/h9-12H,3-8,13-22H2,1-2H3,(H2,26,27,28);1H. The summed E-state index contributed by atoms with van der Waals surface area (Å²) in [6.45, 7) is 14.4. The van der Waals surface area contributed by atoms with Crippen molar-refractivity contribution in [3.8, 4) is 0 Å². The summed E-state index contributed by atoms with van der Waals surface area (Å²) in [7, 11) is 2.22. The predicted molar refractivity (Wildman–Crippen MR) is 147 cm³/mol. The van der Waals surface area contributed by atoms with Gasteiger partial charge in [-0.3, -0.25) is 4.90 Å². The third-order valence-electron chi connectivity index (χ3n) is 6.43. The average Bonchev–Trinajstić information content (AvgIpc) is 2.80. The minimum Gasteiger partial charge on any atom is -0.357 e. The Bertz CT molecular complexity index is 636. The second kappa shape index (κ2) is 15.9. The van der Waals surface area contributed by atoms with Crippen molar-refractivity contribution in [3.05, 3.63) is 35.4 Å². The van der Waals surface area contributed by atoms with Crippen LogP contribution in [-0.4, -0.2) is 86.6 Å². The van der Waals surface area contributed by atoms with Gasteiger partial charge in [-0.2, -0.15) is 0 Å². The molecule has 2 saturated heterocycles. The summed E-state index contributed by atoms with van der Waals surface area (Å²) in [6, 6.07) is 9.03. The molecule has 7 heteroatoms. The number of rotatable bonds is 10. The molecule has 1 aromatic carbocycles. The Morgan fingerprint density at radius 3 is 2.22 bits per heavy atom. The third-order valence-corrected chi connectivity index (χ3v) is 6.43. The molecule has 0 spiro atoms. The van der Waals surface area contributed by atoms with Gasteiger partial charge >= 0.3 is 0 Å². The number of piperidine rings is 1. The highest BCUT2D eigenvalue weighted by Crippen LogP contribution is 2.14. The maximum Gasteiger partial charge on any atom is 0.191 e. The number of benzene rings is 1. The lowest BCUT2D eigenvalue weighted by Crippen LogP contribution is -2.44. The first-order valence-corrected chi connectivity index (χ1v) is 12.5. The molecule has 32 heavy (non-hydrogen) atoms. The van der Waals surface area contributed by atoms with Crippen molar-refractivity contribution >= 4 is 29.9 Å². The van der Waals surface area contributed by atoms with Crippen LogP contribution in [0.2, 0.25) is 0 Å². The van der Waals surface area contributed by atoms with Crippen molar-refractivity contribution in [1.82, 2.24) is 25.3 Å². The van der Waals surface area contributed by atoms with Gasteiger partial charge in [0.2, 0.25) is 0 Å². The first kappa shape index (κ1) is 27.3. The second-order valence-corrected chi connectivity index (χ2v) is 9.13. The molecule has 2 fully saturated rings. The van der Waals surface area contributed by atoms with E-state index in [1.54, 1.807) is 0 Å².